The van der Waals surface area contributed by atoms with Crippen molar-refractivity contribution in [1.29, 1.82) is 0 Å². The number of rotatable bonds is 6. The number of hydrogen-bond acceptors (Lipinski definition) is 5. The lowest BCUT2D eigenvalue weighted by Crippen LogP contribution is -2.11. The second-order valence-electron chi connectivity index (χ2n) is 5.53. The van der Waals surface area contributed by atoms with Crippen LogP contribution in [0.1, 0.15) is 10.4 Å². The first kappa shape index (κ1) is 18.5. The standard InChI is InChI=1S/C20H17ClN2O4/c1-25-18-11-13(21)6-8-17(18)27-16-7-5-12(19(22)24)10-15(16)14-4-3-9-23-20(14)26-2/h3-11H,1-2H3,(H2,22,24). The predicted octanol–water partition coefficient (Wildman–Crippen LogP) is 4.31. The molecule has 3 rings (SSSR count). The van der Waals surface area contributed by atoms with Crippen molar-refractivity contribution >= 4 is 17.5 Å². The maximum absolute atomic E-state index is 11.6. The highest BCUT2D eigenvalue weighted by Crippen LogP contribution is 2.40. The lowest BCUT2D eigenvalue weighted by atomic mass is 10.0. The van der Waals surface area contributed by atoms with Gasteiger partial charge >= 0.3 is 0 Å². The molecule has 0 bridgehead atoms. The number of hydrogen-bond donors (Lipinski definition) is 1. The van der Waals surface area contributed by atoms with Gasteiger partial charge in [0.1, 0.15) is 5.75 Å². The molecule has 0 aliphatic rings. The van der Waals surface area contributed by atoms with E-state index < -0.39 is 5.91 Å². The maximum atomic E-state index is 11.6. The van der Waals surface area contributed by atoms with Gasteiger partial charge in [-0.25, -0.2) is 4.98 Å². The van der Waals surface area contributed by atoms with E-state index in [0.29, 0.717) is 44.8 Å². The van der Waals surface area contributed by atoms with Gasteiger partial charge in [-0.2, -0.15) is 0 Å². The van der Waals surface area contributed by atoms with Crippen LogP contribution in [-0.2, 0) is 0 Å². The Morgan fingerprint density at radius 3 is 2.44 bits per heavy atom. The second kappa shape index (κ2) is 7.97. The van der Waals surface area contributed by atoms with Crippen molar-refractivity contribution in [1.82, 2.24) is 4.98 Å². The molecule has 6 nitrogen and oxygen atoms in total. The van der Waals surface area contributed by atoms with Crippen LogP contribution in [0.3, 0.4) is 0 Å². The number of primary amides is 1. The number of methoxy groups -OCH3 is 2. The van der Waals surface area contributed by atoms with Crippen molar-refractivity contribution in [3.63, 3.8) is 0 Å². The summed E-state index contributed by atoms with van der Waals surface area (Å²) in [4.78, 5) is 15.9. The van der Waals surface area contributed by atoms with Crippen LogP contribution >= 0.6 is 11.6 Å². The minimum Gasteiger partial charge on any atom is -0.493 e. The molecule has 7 heteroatoms. The van der Waals surface area contributed by atoms with Crippen LogP contribution in [0.2, 0.25) is 5.02 Å². The number of pyridine rings is 1. The van der Waals surface area contributed by atoms with Crippen molar-refractivity contribution in [2.75, 3.05) is 14.2 Å². The Hall–Kier alpha value is -3.25. The quantitative estimate of drug-likeness (QED) is 0.684. The zero-order valence-electron chi connectivity index (χ0n) is 14.7. The molecule has 0 saturated heterocycles. The van der Waals surface area contributed by atoms with Gasteiger partial charge < -0.3 is 19.9 Å². The largest absolute Gasteiger partial charge is 0.493 e. The molecule has 0 spiro atoms. The van der Waals surface area contributed by atoms with E-state index in [4.69, 9.17) is 31.5 Å². The van der Waals surface area contributed by atoms with E-state index in [1.807, 2.05) is 6.07 Å². The molecule has 2 aromatic carbocycles. The average Bonchev–Trinajstić information content (AvgIpc) is 2.69. The molecule has 3 aromatic rings. The molecular weight excluding hydrogens is 368 g/mol. The van der Waals surface area contributed by atoms with Gasteiger partial charge in [-0.15, -0.1) is 0 Å². The number of carbonyl (C=O) groups is 1. The van der Waals surface area contributed by atoms with Crippen molar-refractivity contribution in [2.24, 2.45) is 5.73 Å². The molecule has 0 unspecified atom stereocenters. The van der Waals surface area contributed by atoms with Gasteiger partial charge in [0.05, 0.1) is 14.2 Å². The van der Waals surface area contributed by atoms with E-state index >= 15 is 0 Å². The van der Waals surface area contributed by atoms with Gasteiger partial charge in [-0.05, 0) is 42.5 Å². The van der Waals surface area contributed by atoms with Crippen LogP contribution in [0.15, 0.2) is 54.7 Å². The predicted molar refractivity (Wildman–Crippen MR) is 103 cm³/mol. The fourth-order valence-corrected chi connectivity index (χ4v) is 2.75. The third-order valence-corrected chi connectivity index (χ3v) is 4.10. The summed E-state index contributed by atoms with van der Waals surface area (Å²) < 4.78 is 16.7. The van der Waals surface area contributed by atoms with E-state index in [1.165, 1.54) is 14.2 Å². The molecule has 0 fully saturated rings. The molecule has 138 valence electrons. The van der Waals surface area contributed by atoms with Crippen molar-refractivity contribution in [3.05, 3.63) is 65.3 Å². The highest BCUT2D eigenvalue weighted by atomic mass is 35.5. The summed E-state index contributed by atoms with van der Waals surface area (Å²) in [5, 5.41) is 0.525. The minimum atomic E-state index is -0.547. The van der Waals surface area contributed by atoms with Crippen LogP contribution in [0, 0.1) is 0 Å². The monoisotopic (exact) mass is 384 g/mol. The zero-order valence-corrected chi connectivity index (χ0v) is 15.5. The zero-order chi connectivity index (χ0) is 19.4. The highest BCUT2D eigenvalue weighted by Gasteiger charge is 2.17. The second-order valence-corrected chi connectivity index (χ2v) is 5.97. The average molecular weight is 385 g/mol. The van der Waals surface area contributed by atoms with Crippen LogP contribution < -0.4 is 19.9 Å². The molecule has 2 N–H and O–H groups in total. The normalized spacial score (nSPS) is 10.3. The summed E-state index contributed by atoms with van der Waals surface area (Å²) in [7, 11) is 3.05. The SMILES string of the molecule is COc1cc(Cl)ccc1Oc1ccc(C(N)=O)cc1-c1cccnc1OC. The van der Waals surface area contributed by atoms with Gasteiger partial charge in [0.25, 0.3) is 0 Å². The Balaban J connectivity index is 2.14. The van der Waals surface area contributed by atoms with Gasteiger partial charge in [0, 0.05) is 34.0 Å². The molecule has 1 amide bonds. The third kappa shape index (κ3) is 3.96. The van der Waals surface area contributed by atoms with Gasteiger partial charge in [0.15, 0.2) is 11.5 Å². The Morgan fingerprint density at radius 2 is 1.74 bits per heavy atom. The molecule has 0 radical (unpaired) electrons. The first-order valence-electron chi connectivity index (χ1n) is 7.98. The molecule has 1 aromatic heterocycles. The number of halogens is 1. The summed E-state index contributed by atoms with van der Waals surface area (Å²) in [6.07, 6.45) is 1.61. The third-order valence-electron chi connectivity index (χ3n) is 3.86. The van der Waals surface area contributed by atoms with E-state index in [-0.39, 0.29) is 0 Å². The number of benzene rings is 2. The number of nitrogens with zero attached hydrogens (tertiary/aromatic N) is 1. The van der Waals surface area contributed by atoms with E-state index in [0.717, 1.165) is 0 Å². The molecule has 0 aliphatic heterocycles. The summed E-state index contributed by atoms with van der Waals surface area (Å²) in [5.41, 5.74) is 7.04. The summed E-state index contributed by atoms with van der Waals surface area (Å²) >= 11 is 6.01. The van der Waals surface area contributed by atoms with Crippen molar-refractivity contribution in [3.8, 4) is 34.3 Å². The van der Waals surface area contributed by atoms with Crippen molar-refractivity contribution in [2.45, 2.75) is 0 Å². The van der Waals surface area contributed by atoms with Gasteiger partial charge in [0.2, 0.25) is 11.8 Å². The minimum absolute atomic E-state index is 0.339. The molecular formula is C20H17ClN2O4. The topological polar surface area (TPSA) is 83.7 Å². The van der Waals surface area contributed by atoms with Crippen LogP contribution in [0.4, 0.5) is 0 Å². The van der Waals surface area contributed by atoms with Gasteiger partial charge in [-0.3, -0.25) is 4.79 Å². The first-order valence-corrected chi connectivity index (χ1v) is 8.36. The Bertz CT molecular complexity index is 991. The molecule has 27 heavy (non-hydrogen) atoms. The first-order chi connectivity index (χ1) is 13.0. The summed E-state index contributed by atoms with van der Waals surface area (Å²) in [6.45, 7) is 0. The van der Waals surface area contributed by atoms with Gasteiger partial charge in [-0.1, -0.05) is 11.6 Å². The van der Waals surface area contributed by atoms with Crippen LogP contribution in [-0.4, -0.2) is 25.1 Å². The smallest absolute Gasteiger partial charge is 0.248 e. The summed E-state index contributed by atoms with van der Waals surface area (Å²) in [5.74, 6) is 1.28. The van der Waals surface area contributed by atoms with Crippen molar-refractivity contribution < 1.29 is 19.0 Å². The number of carbonyl (C=O) groups excluding carboxylic acids is 1. The van der Waals surface area contributed by atoms with E-state index in [1.54, 1.807) is 48.7 Å². The number of ether oxygens (including phenoxy) is 3. The number of amides is 1. The fourth-order valence-electron chi connectivity index (χ4n) is 2.59. The molecule has 0 saturated carbocycles. The lowest BCUT2D eigenvalue weighted by Gasteiger charge is -2.16. The number of nitrogens with two attached hydrogens (primary N) is 1. The van der Waals surface area contributed by atoms with Crippen LogP contribution in [0.25, 0.3) is 11.1 Å². The van der Waals surface area contributed by atoms with Crippen LogP contribution in [0.5, 0.6) is 23.1 Å². The lowest BCUT2D eigenvalue weighted by molar-refractivity contribution is 0.100. The summed E-state index contributed by atoms with van der Waals surface area (Å²) in [6, 6.07) is 13.5. The Labute approximate surface area is 161 Å². The molecule has 1 heterocycles. The maximum Gasteiger partial charge on any atom is 0.248 e. The Morgan fingerprint density at radius 1 is 0.963 bits per heavy atom. The van der Waals surface area contributed by atoms with E-state index in [9.17, 15) is 4.79 Å². The Kier molecular flexibility index (Phi) is 5.47. The van der Waals surface area contributed by atoms with E-state index in [2.05, 4.69) is 4.98 Å². The fraction of sp³-hybridized carbons (Fsp3) is 0.100. The highest BCUT2D eigenvalue weighted by molar-refractivity contribution is 6.30. The molecule has 0 atom stereocenters. The molecule has 0 aliphatic carbocycles. The number of aromatic nitrogens is 1.